The summed E-state index contributed by atoms with van der Waals surface area (Å²) >= 11 is 0. The van der Waals surface area contributed by atoms with Gasteiger partial charge in [-0.2, -0.15) is 0 Å². The molecule has 0 spiro atoms. The maximum Gasteiger partial charge on any atom is 0.249 e. The highest BCUT2D eigenvalue weighted by atomic mass is 16.2. The number of nitrogens with zero attached hydrogens (tertiary/aromatic N) is 2. The van der Waals surface area contributed by atoms with Gasteiger partial charge in [0.1, 0.15) is 6.04 Å². The Morgan fingerprint density at radius 1 is 1.29 bits per heavy atom. The largest absolute Gasteiger partial charge is 0.361 e. The second-order valence-corrected chi connectivity index (χ2v) is 5.24. The third-order valence-corrected chi connectivity index (χ3v) is 3.78. The highest BCUT2D eigenvalue weighted by Crippen LogP contribution is 2.33. The number of hydrogen-bond acceptors (Lipinski definition) is 4. The van der Waals surface area contributed by atoms with Gasteiger partial charge in [-0.15, -0.1) is 0 Å². The summed E-state index contributed by atoms with van der Waals surface area (Å²) in [4.78, 5) is 37.7. The number of piperidine rings is 1. The Morgan fingerprint density at radius 2 is 2.00 bits per heavy atom. The van der Waals surface area contributed by atoms with E-state index in [0.717, 1.165) is 23.3 Å². The van der Waals surface area contributed by atoms with Crippen molar-refractivity contribution in [1.29, 1.82) is 0 Å². The summed E-state index contributed by atoms with van der Waals surface area (Å²) in [5.41, 5.74) is 2.50. The molecular weight excluding hydrogens is 270 g/mol. The molecule has 1 aromatic rings. The van der Waals surface area contributed by atoms with Crippen LogP contribution in [0.1, 0.15) is 18.4 Å². The van der Waals surface area contributed by atoms with Crippen LogP contribution in [-0.4, -0.2) is 38.4 Å². The fourth-order valence-electron chi connectivity index (χ4n) is 2.66. The number of imide groups is 1. The van der Waals surface area contributed by atoms with Gasteiger partial charge >= 0.3 is 0 Å². The molecule has 0 bridgehead atoms. The van der Waals surface area contributed by atoms with Gasteiger partial charge in [-0.3, -0.25) is 19.7 Å². The zero-order valence-corrected chi connectivity index (χ0v) is 12.4. The number of para-hydroxylation sites is 1. The first kappa shape index (κ1) is 15.0. The lowest BCUT2D eigenvalue weighted by molar-refractivity contribution is -0.134. The second kappa shape index (κ2) is 5.95. The van der Waals surface area contributed by atoms with E-state index in [2.05, 4.69) is 5.32 Å². The monoisotopic (exact) mass is 289 g/mol. The molecule has 6 heteroatoms. The van der Waals surface area contributed by atoms with Gasteiger partial charge in [0.15, 0.2) is 0 Å². The Bertz CT molecular complexity index is 586. The summed E-state index contributed by atoms with van der Waals surface area (Å²) in [6.45, 7) is 1.91. The van der Waals surface area contributed by atoms with Crippen molar-refractivity contribution in [1.82, 2.24) is 5.32 Å². The summed E-state index contributed by atoms with van der Waals surface area (Å²) in [5, 5.41) is 2.35. The normalized spacial score (nSPS) is 18.1. The molecule has 1 saturated heterocycles. The number of carbonyl (C=O) groups excluding carboxylic acids is 3. The van der Waals surface area contributed by atoms with Gasteiger partial charge in [-0.25, -0.2) is 0 Å². The van der Waals surface area contributed by atoms with Crippen molar-refractivity contribution >= 4 is 29.6 Å². The van der Waals surface area contributed by atoms with Gasteiger partial charge in [0.2, 0.25) is 18.2 Å². The maximum atomic E-state index is 12.0. The molecule has 2 rings (SSSR count). The fraction of sp³-hybridized carbons (Fsp3) is 0.400. The lowest BCUT2D eigenvalue weighted by atomic mass is 10.0. The number of likely N-dealkylation sites (N-methyl/N-ethyl adjacent to an activating group) is 1. The van der Waals surface area contributed by atoms with Crippen molar-refractivity contribution in [3.8, 4) is 0 Å². The molecule has 21 heavy (non-hydrogen) atoms. The maximum absolute atomic E-state index is 12.0. The minimum atomic E-state index is -0.414. The topological polar surface area (TPSA) is 69.7 Å². The van der Waals surface area contributed by atoms with Gasteiger partial charge in [0, 0.05) is 20.5 Å². The molecule has 1 aromatic carbocycles. The third-order valence-electron chi connectivity index (χ3n) is 3.78. The Balaban J connectivity index is 2.37. The highest BCUT2D eigenvalue weighted by Gasteiger charge is 2.31. The van der Waals surface area contributed by atoms with Crippen LogP contribution in [0.15, 0.2) is 18.2 Å². The van der Waals surface area contributed by atoms with E-state index in [9.17, 15) is 14.4 Å². The number of anilines is 2. The first-order valence-electron chi connectivity index (χ1n) is 6.80. The summed E-state index contributed by atoms with van der Waals surface area (Å²) < 4.78 is 0. The quantitative estimate of drug-likeness (QED) is 0.658. The van der Waals surface area contributed by atoms with E-state index in [1.807, 2.05) is 30.0 Å². The number of nitrogens with one attached hydrogen (secondary N) is 1. The van der Waals surface area contributed by atoms with E-state index >= 15 is 0 Å². The van der Waals surface area contributed by atoms with Gasteiger partial charge in [-0.05, 0) is 25.0 Å². The van der Waals surface area contributed by atoms with Crippen LogP contribution in [0.2, 0.25) is 0 Å². The van der Waals surface area contributed by atoms with E-state index in [-0.39, 0.29) is 11.8 Å². The molecule has 1 aliphatic rings. The molecule has 112 valence electrons. The first-order valence-corrected chi connectivity index (χ1v) is 6.80. The van der Waals surface area contributed by atoms with Crippen LogP contribution in [0.3, 0.4) is 0 Å². The Labute approximate surface area is 123 Å². The number of amides is 3. The van der Waals surface area contributed by atoms with Crippen LogP contribution in [0.4, 0.5) is 11.4 Å². The SMILES string of the molecule is Cc1cccc(N(C)C2CCC(=O)NC2=O)c1N(C)C=O. The van der Waals surface area contributed by atoms with Crippen LogP contribution in [0.5, 0.6) is 0 Å². The summed E-state index contributed by atoms with van der Waals surface area (Å²) in [7, 11) is 3.48. The molecule has 6 nitrogen and oxygen atoms in total. The minimum Gasteiger partial charge on any atom is -0.361 e. The molecule has 1 heterocycles. The fourth-order valence-corrected chi connectivity index (χ4v) is 2.66. The summed E-state index contributed by atoms with van der Waals surface area (Å²) in [5.74, 6) is -0.533. The molecule has 1 fully saturated rings. The molecule has 0 saturated carbocycles. The van der Waals surface area contributed by atoms with Crippen molar-refractivity contribution in [2.75, 3.05) is 23.9 Å². The third kappa shape index (κ3) is 2.89. The Kier molecular flexibility index (Phi) is 4.26. The molecule has 1 aliphatic heterocycles. The van der Waals surface area contributed by atoms with Crippen LogP contribution in [-0.2, 0) is 14.4 Å². The van der Waals surface area contributed by atoms with Crippen LogP contribution in [0, 0.1) is 6.92 Å². The van der Waals surface area contributed by atoms with E-state index in [1.165, 1.54) is 4.90 Å². The molecule has 1 unspecified atom stereocenters. The lowest BCUT2D eigenvalue weighted by Crippen LogP contribution is -2.51. The number of benzene rings is 1. The van der Waals surface area contributed by atoms with Gasteiger partial charge in [0.05, 0.1) is 11.4 Å². The van der Waals surface area contributed by atoms with Gasteiger partial charge in [-0.1, -0.05) is 12.1 Å². The standard InChI is InChI=1S/C15H19N3O3/c1-10-5-4-6-11(14(10)17(2)9-19)18(3)12-7-8-13(20)16-15(12)21/h4-6,9,12H,7-8H2,1-3H3,(H,16,20,21). The van der Waals surface area contributed by atoms with Crippen LogP contribution >= 0.6 is 0 Å². The Hall–Kier alpha value is -2.37. The summed E-state index contributed by atoms with van der Waals surface area (Å²) in [6, 6.07) is 5.25. The number of aryl methyl sites for hydroxylation is 1. The molecule has 0 aliphatic carbocycles. The molecular formula is C15H19N3O3. The first-order chi connectivity index (χ1) is 9.95. The predicted octanol–water partition coefficient (Wildman–Crippen LogP) is 0.829. The molecule has 0 radical (unpaired) electrons. The molecule has 0 aromatic heterocycles. The smallest absolute Gasteiger partial charge is 0.249 e. The van der Waals surface area contributed by atoms with E-state index in [4.69, 9.17) is 0 Å². The number of hydrogen-bond donors (Lipinski definition) is 1. The number of carbonyl (C=O) groups is 3. The molecule has 1 N–H and O–H groups in total. The minimum absolute atomic E-state index is 0.237. The Morgan fingerprint density at radius 3 is 2.62 bits per heavy atom. The highest BCUT2D eigenvalue weighted by molar-refractivity contribution is 6.02. The summed E-state index contributed by atoms with van der Waals surface area (Å²) in [6.07, 6.45) is 1.54. The molecule has 1 atom stereocenters. The van der Waals surface area contributed by atoms with E-state index in [0.29, 0.717) is 12.8 Å². The lowest BCUT2D eigenvalue weighted by Gasteiger charge is -2.34. The number of rotatable bonds is 4. The van der Waals surface area contributed by atoms with Crippen LogP contribution < -0.4 is 15.1 Å². The second-order valence-electron chi connectivity index (χ2n) is 5.24. The van der Waals surface area contributed by atoms with Gasteiger partial charge in [0.25, 0.3) is 0 Å². The van der Waals surface area contributed by atoms with Crippen molar-refractivity contribution in [3.05, 3.63) is 23.8 Å². The zero-order chi connectivity index (χ0) is 15.6. The van der Waals surface area contributed by atoms with Crippen molar-refractivity contribution in [2.24, 2.45) is 0 Å². The van der Waals surface area contributed by atoms with Crippen molar-refractivity contribution in [2.45, 2.75) is 25.8 Å². The van der Waals surface area contributed by atoms with Crippen LogP contribution in [0.25, 0.3) is 0 Å². The van der Waals surface area contributed by atoms with Crippen molar-refractivity contribution < 1.29 is 14.4 Å². The average Bonchev–Trinajstić information content (AvgIpc) is 2.45. The average molecular weight is 289 g/mol. The van der Waals surface area contributed by atoms with Gasteiger partial charge < -0.3 is 9.80 Å². The zero-order valence-electron chi connectivity index (χ0n) is 12.4. The van der Waals surface area contributed by atoms with E-state index in [1.54, 1.807) is 14.1 Å². The van der Waals surface area contributed by atoms with E-state index < -0.39 is 6.04 Å². The molecule has 3 amide bonds. The predicted molar refractivity (Wildman–Crippen MR) is 80.2 cm³/mol. The van der Waals surface area contributed by atoms with Crippen molar-refractivity contribution in [3.63, 3.8) is 0 Å².